The highest BCUT2D eigenvalue weighted by atomic mass is 19.3. The fraction of sp³-hybridized carbons (Fsp3) is 0.385. The van der Waals surface area contributed by atoms with Crippen LogP contribution in [0.25, 0.3) is 0 Å². The average molecular weight is 256 g/mol. The van der Waals surface area contributed by atoms with Gasteiger partial charge in [-0.3, -0.25) is 11.3 Å². The number of para-hydroxylation sites is 1. The third-order valence-corrected chi connectivity index (χ3v) is 2.70. The quantitative estimate of drug-likeness (QED) is 0.447. The first-order valence-electron chi connectivity index (χ1n) is 5.75. The lowest BCUT2D eigenvalue weighted by Crippen LogP contribution is -2.28. The predicted octanol–water partition coefficient (Wildman–Crippen LogP) is 3.15. The first-order chi connectivity index (χ1) is 8.58. The zero-order valence-electron chi connectivity index (χ0n) is 10.3. The lowest BCUT2D eigenvalue weighted by Gasteiger charge is -2.20. The van der Waals surface area contributed by atoms with Gasteiger partial charge in [0.05, 0.1) is 6.04 Å². The van der Waals surface area contributed by atoms with Gasteiger partial charge in [0, 0.05) is 5.56 Å². The van der Waals surface area contributed by atoms with Crippen molar-refractivity contribution in [2.45, 2.75) is 32.4 Å². The summed E-state index contributed by atoms with van der Waals surface area (Å²) in [6, 6.07) is 6.33. The zero-order chi connectivity index (χ0) is 13.5. The molecule has 5 heteroatoms. The van der Waals surface area contributed by atoms with E-state index in [1.807, 2.05) is 6.92 Å². The molecule has 0 saturated carbocycles. The standard InChI is InChI=1S/C13H18F2N2O/c1-3-9(2)8-11(17-16)10-6-4-5-7-12(10)18-13(14)15/h4-7,11,13,17H,2-3,8,16H2,1H3. The van der Waals surface area contributed by atoms with Crippen molar-refractivity contribution in [1.29, 1.82) is 0 Å². The largest absolute Gasteiger partial charge is 0.434 e. The number of hydrogen-bond acceptors (Lipinski definition) is 3. The van der Waals surface area contributed by atoms with Crippen molar-refractivity contribution < 1.29 is 13.5 Å². The normalized spacial score (nSPS) is 12.5. The maximum atomic E-state index is 12.3. The second-order valence-electron chi connectivity index (χ2n) is 3.94. The molecule has 18 heavy (non-hydrogen) atoms. The summed E-state index contributed by atoms with van der Waals surface area (Å²) in [5.74, 6) is 5.61. The number of halogens is 2. The van der Waals surface area contributed by atoms with E-state index in [1.165, 1.54) is 6.07 Å². The average Bonchev–Trinajstić information content (AvgIpc) is 2.36. The zero-order valence-corrected chi connectivity index (χ0v) is 10.3. The van der Waals surface area contributed by atoms with E-state index in [2.05, 4.69) is 16.7 Å². The van der Waals surface area contributed by atoms with Crippen LogP contribution in [-0.2, 0) is 0 Å². The minimum absolute atomic E-state index is 0.138. The summed E-state index contributed by atoms with van der Waals surface area (Å²) in [5, 5.41) is 0. The van der Waals surface area contributed by atoms with Gasteiger partial charge < -0.3 is 4.74 Å². The van der Waals surface area contributed by atoms with Crippen LogP contribution in [0.1, 0.15) is 31.4 Å². The predicted molar refractivity (Wildman–Crippen MR) is 67.2 cm³/mol. The number of benzene rings is 1. The van der Waals surface area contributed by atoms with Crippen molar-refractivity contribution in [1.82, 2.24) is 5.43 Å². The van der Waals surface area contributed by atoms with E-state index in [-0.39, 0.29) is 11.8 Å². The van der Waals surface area contributed by atoms with E-state index in [4.69, 9.17) is 5.84 Å². The highest BCUT2D eigenvalue weighted by molar-refractivity contribution is 5.36. The van der Waals surface area contributed by atoms with Gasteiger partial charge in [-0.1, -0.05) is 37.3 Å². The summed E-state index contributed by atoms with van der Waals surface area (Å²) in [7, 11) is 0. The smallest absolute Gasteiger partial charge is 0.387 e. The lowest BCUT2D eigenvalue weighted by atomic mass is 9.98. The molecule has 1 unspecified atom stereocenters. The van der Waals surface area contributed by atoms with Gasteiger partial charge in [-0.15, -0.1) is 0 Å². The molecule has 3 N–H and O–H groups in total. The Kier molecular flexibility index (Phi) is 5.74. The molecule has 0 heterocycles. The molecule has 3 nitrogen and oxygen atoms in total. The molecule has 0 aliphatic heterocycles. The van der Waals surface area contributed by atoms with Crippen molar-refractivity contribution in [3.8, 4) is 5.75 Å². The molecule has 1 rings (SSSR count). The van der Waals surface area contributed by atoms with Gasteiger partial charge in [-0.05, 0) is 18.9 Å². The number of nitrogens with one attached hydrogen (secondary N) is 1. The fourth-order valence-electron chi connectivity index (χ4n) is 1.66. The van der Waals surface area contributed by atoms with Gasteiger partial charge in [-0.25, -0.2) is 0 Å². The van der Waals surface area contributed by atoms with E-state index in [1.54, 1.807) is 18.2 Å². The van der Waals surface area contributed by atoms with Crippen molar-refractivity contribution >= 4 is 0 Å². The molecule has 0 aliphatic carbocycles. The summed E-state index contributed by atoms with van der Waals surface area (Å²) in [5.41, 5.74) is 4.21. The lowest BCUT2D eigenvalue weighted by molar-refractivity contribution is -0.0507. The first kappa shape index (κ1) is 14.6. The molecule has 0 aliphatic rings. The molecule has 0 saturated heterocycles. The molecule has 0 radical (unpaired) electrons. The Morgan fingerprint density at radius 2 is 2.11 bits per heavy atom. The van der Waals surface area contributed by atoms with E-state index < -0.39 is 6.61 Å². The van der Waals surface area contributed by atoms with Crippen molar-refractivity contribution in [2.75, 3.05) is 0 Å². The first-order valence-corrected chi connectivity index (χ1v) is 5.75. The number of hydrogen-bond donors (Lipinski definition) is 2. The Morgan fingerprint density at radius 3 is 2.67 bits per heavy atom. The summed E-state index contributed by atoms with van der Waals surface area (Å²) < 4.78 is 29.1. The summed E-state index contributed by atoms with van der Waals surface area (Å²) >= 11 is 0. The molecule has 1 aromatic rings. The number of alkyl halides is 2. The van der Waals surface area contributed by atoms with E-state index in [0.717, 1.165) is 12.0 Å². The number of hydrazine groups is 1. The molecule has 0 spiro atoms. The molecule has 1 aromatic carbocycles. The Hall–Kier alpha value is -1.46. The molecule has 0 bridgehead atoms. The third-order valence-electron chi connectivity index (χ3n) is 2.70. The third kappa shape index (κ3) is 4.09. The van der Waals surface area contributed by atoms with Gasteiger partial charge in [0.2, 0.25) is 0 Å². The monoisotopic (exact) mass is 256 g/mol. The van der Waals surface area contributed by atoms with Crippen LogP contribution in [0.15, 0.2) is 36.4 Å². The molecule has 1 atom stereocenters. The van der Waals surface area contributed by atoms with Crippen molar-refractivity contribution in [2.24, 2.45) is 5.84 Å². The molecule has 0 amide bonds. The summed E-state index contributed by atoms with van der Waals surface area (Å²) in [4.78, 5) is 0. The topological polar surface area (TPSA) is 47.3 Å². The molecule has 0 fully saturated rings. The van der Waals surface area contributed by atoms with Crippen LogP contribution in [-0.4, -0.2) is 6.61 Å². The molecular formula is C13H18F2N2O. The van der Waals surface area contributed by atoms with Gasteiger partial charge in [0.1, 0.15) is 5.75 Å². The molecular weight excluding hydrogens is 238 g/mol. The Labute approximate surface area is 106 Å². The highest BCUT2D eigenvalue weighted by Crippen LogP contribution is 2.30. The summed E-state index contributed by atoms with van der Waals surface area (Å²) in [6.07, 6.45) is 1.40. The van der Waals surface area contributed by atoms with E-state index >= 15 is 0 Å². The van der Waals surface area contributed by atoms with Gasteiger partial charge in [0.15, 0.2) is 0 Å². The van der Waals surface area contributed by atoms with Crippen molar-refractivity contribution in [3.05, 3.63) is 42.0 Å². The molecule has 0 aromatic heterocycles. The van der Waals surface area contributed by atoms with Crippen LogP contribution in [0.3, 0.4) is 0 Å². The van der Waals surface area contributed by atoms with Crippen LogP contribution in [0.2, 0.25) is 0 Å². The minimum Gasteiger partial charge on any atom is -0.434 e. The SMILES string of the molecule is C=C(CC)CC(NN)c1ccccc1OC(F)F. The number of nitrogens with two attached hydrogens (primary N) is 1. The van der Waals surface area contributed by atoms with E-state index in [0.29, 0.717) is 12.0 Å². The highest BCUT2D eigenvalue weighted by Gasteiger charge is 2.17. The van der Waals surface area contributed by atoms with Gasteiger partial charge >= 0.3 is 6.61 Å². The van der Waals surface area contributed by atoms with Crippen LogP contribution in [0.4, 0.5) is 8.78 Å². The fourth-order valence-corrected chi connectivity index (χ4v) is 1.66. The minimum atomic E-state index is -2.85. The Bertz CT molecular complexity index is 396. The van der Waals surface area contributed by atoms with Crippen LogP contribution >= 0.6 is 0 Å². The second kappa shape index (κ2) is 7.08. The summed E-state index contributed by atoms with van der Waals surface area (Å²) in [6.45, 7) is 3.03. The maximum Gasteiger partial charge on any atom is 0.387 e. The number of ether oxygens (including phenoxy) is 1. The van der Waals surface area contributed by atoms with Gasteiger partial charge in [0.25, 0.3) is 0 Å². The van der Waals surface area contributed by atoms with Crippen LogP contribution < -0.4 is 16.0 Å². The van der Waals surface area contributed by atoms with Crippen LogP contribution in [0.5, 0.6) is 5.75 Å². The van der Waals surface area contributed by atoms with Crippen LogP contribution in [0, 0.1) is 0 Å². The number of rotatable bonds is 7. The van der Waals surface area contributed by atoms with Gasteiger partial charge in [-0.2, -0.15) is 8.78 Å². The second-order valence-corrected chi connectivity index (χ2v) is 3.94. The van der Waals surface area contributed by atoms with E-state index in [9.17, 15) is 8.78 Å². The Balaban J connectivity index is 2.93. The molecule has 100 valence electrons. The Morgan fingerprint density at radius 1 is 1.44 bits per heavy atom. The maximum absolute atomic E-state index is 12.3. The van der Waals surface area contributed by atoms with Crippen molar-refractivity contribution in [3.63, 3.8) is 0 Å².